The van der Waals surface area contributed by atoms with E-state index in [4.69, 9.17) is 10.8 Å². The third-order valence-electron chi connectivity index (χ3n) is 2.64. The van der Waals surface area contributed by atoms with E-state index >= 15 is 0 Å². The number of thiazole rings is 1. The maximum Gasteiger partial charge on any atom is 0.186 e. The monoisotopic (exact) mass is 251 g/mol. The van der Waals surface area contributed by atoms with Crippen molar-refractivity contribution in [3.8, 4) is 0 Å². The van der Waals surface area contributed by atoms with E-state index < -0.39 is 0 Å². The largest absolute Gasteiger partial charge is 0.399 e. The summed E-state index contributed by atoms with van der Waals surface area (Å²) in [6.45, 7) is 4.05. The van der Waals surface area contributed by atoms with E-state index in [1.54, 1.807) is 11.3 Å². The molecule has 4 nitrogen and oxygen atoms in total. The van der Waals surface area contributed by atoms with Gasteiger partial charge in [0.2, 0.25) is 0 Å². The van der Waals surface area contributed by atoms with E-state index in [1.165, 1.54) is 0 Å². The topological polar surface area (TPSA) is 62.4 Å². The first-order valence-corrected chi connectivity index (χ1v) is 6.58. The van der Waals surface area contributed by atoms with Crippen LogP contribution < -0.4 is 10.6 Å². The van der Waals surface area contributed by atoms with Gasteiger partial charge in [-0.15, -0.1) is 0 Å². The Hall–Kier alpha value is -1.33. The summed E-state index contributed by atoms with van der Waals surface area (Å²) in [6, 6.07) is 5.77. The molecular weight excluding hydrogens is 234 g/mol. The summed E-state index contributed by atoms with van der Waals surface area (Å²) in [5.74, 6) is 0. The molecule has 0 saturated heterocycles. The Balaban J connectivity index is 2.27. The SMILES string of the molecule is CCN(CCCO)c1nc2ccc(N)cc2s1. The first kappa shape index (κ1) is 12.1. The number of hydrogen-bond acceptors (Lipinski definition) is 5. The highest BCUT2D eigenvalue weighted by atomic mass is 32.1. The maximum absolute atomic E-state index is 8.87. The lowest BCUT2D eigenvalue weighted by atomic mass is 10.3. The van der Waals surface area contributed by atoms with Crippen molar-refractivity contribution in [2.45, 2.75) is 13.3 Å². The van der Waals surface area contributed by atoms with E-state index in [1.807, 2.05) is 18.2 Å². The van der Waals surface area contributed by atoms with Crippen molar-refractivity contribution in [2.24, 2.45) is 0 Å². The van der Waals surface area contributed by atoms with Gasteiger partial charge in [-0.3, -0.25) is 0 Å². The van der Waals surface area contributed by atoms with Gasteiger partial charge in [0.05, 0.1) is 10.2 Å². The number of aliphatic hydroxyl groups is 1. The predicted octanol–water partition coefficient (Wildman–Crippen LogP) is 2.09. The lowest BCUT2D eigenvalue weighted by molar-refractivity contribution is 0.289. The van der Waals surface area contributed by atoms with Crippen LogP contribution in [0.5, 0.6) is 0 Å². The molecule has 1 aromatic carbocycles. The summed E-state index contributed by atoms with van der Waals surface area (Å²) in [5, 5.41) is 9.87. The molecular formula is C12H17N3OS. The van der Waals surface area contributed by atoms with Gasteiger partial charge in [-0.25, -0.2) is 4.98 Å². The molecule has 17 heavy (non-hydrogen) atoms. The van der Waals surface area contributed by atoms with Gasteiger partial charge in [-0.2, -0.15) is 0 Å². The van der Waals surface area contributed by atoms with Gasteiger partial charge in [-0.05, 0) is 31.5 Å². The molecule has 1 aromatic heterocycles. The highest BCUT2D eigenvalue weighted by molar-refractivity contribution is 7.22. The molecule has 2 rings (SSSR count). The van der Waals surface area contributed by atoms with Gasteiger partial charge < -0.3 is 15.7 Å². The maximum atomic E-state index is 8.87. The van der Waals surface area contributed by atoms with Crippen molar-refractivity contribution in [2.75, 3.05) is 30.3 Å². The van der Waals surface area contributed by atoms with Crippen LogP contribution >= 0.6 is 11.3 Å². The highest BCUT2D eigenvalue weighted by Crippen LogP contribution is 2.30. The number of fused-ring (bicyclic) bond motifs is 1. The second-order valence-electron chi connectivity index (χ2n) is 3.88. The molecule has 0 aliphatic carbocycles. The lowest BCUT2D eigenvalue weighted by Gasteiger charge is -2.18. The van der Waals surface area contributed by atoms with Crippen LogP contribution in [-0.2, 0) is 0 Å². The standard InChI is InChI=1S/C12H17N3OS/c1-2-15(6-3-7-16)12-14-10-5-4-9(13)8-11(10)17-12/h4-5,8,16H,2-3,6-7,13H2,1H3. The molecule has 0 radical (unpaired) electrons. The summed E-state index contributed by atoms with van der Waals surface area (Å²) >= 11 is 1.65. The second kappa shape index (κ2) is 5.33. The zero-order valence-electron chi connectivity index (χ0n) is 9.89. The molecule has 0 fully saturated rings. The Morgan fingerprint density at radius 1 is 1.47 bits per heavy atom. The van der Waals surface area contributed by atoms with Gasteiger partial charge in [0, 0.05) is 25.4 Å². The van der Waals surface area contributed by atoms with Crippen molar-refractivity contribution >= 4 is 32.4 Å². The Bertz CT molecular complexity index is 497. The van der Waals surface area contributed by atoms with Crippen LogP contribution in [0, 0.1) is 0 Å². The second-order valence-corrected chi connectivity index (χ2v) is 4.89. The van der Waals surface area contributed by atoms with Gasteiger partial charge in [0.15, 0.2) is 5.13 Å². The number of rotatable bonds is 5. The van der Waals surface area contributed by atoms with Crippen molar-refractivity contribution in [3.63, 3.8) is 0 Å². The Kier molecular flexibility index (Phi) is 3.81. The van der Waals surface area contributed by atoms with Crippen molar-refractivity contribution < 1.29 is 5.11 Å². The number of aliphatic hydroxyl groups excluding tert-OH is 1. The zero-order valence-corrected chi connectivity index (χ0v) is 10.7. The lowest BCUT2D eigenvalue weighted by Crippen LogP contribution is -2.24. The quantitative estimate of drug-likeness (QED) is 0.799. The molecule has 0 spiro atoms. The number of aromatic nitrogens is 1. The molecule has 3 N–H and O–H groups in total. The fraction of sp³-hybridized carbons (Fsp3) is 0.417. The molecule has 92 valence electrons. The van der Waals surface area contributed by atoms with E-state index in [-0.39, 0.29) is 6.61 Å². The van der Waals surface area contributed by atoms with Crippen LogP contribution in [0.2, 0.25) is 0 Å². The fourth-order valence-electron chi connectivity index (χ4n) is 1.71. The molecule has 0 unspecified atom stereocenters. The molecule has 0 aliphatic rings. The van der Waals surface area contributed by atoms with Gasteiger partial charge in [0.25, 0.3) is 0 Å². The molecule has 2 aromatic rings. The average Bonchev–Trinajstić information content (AvgIpc) is 2.72. The normalized spacial score (nSPS) is 10.9. The minimum absolute atomic E-state index is 0.217. The van der Waals surface area contributed by atoms with Crippen LogP contribution in [0.25, 0.3) is 10.2 Å². The van der Waals surface area contributed by atoms with Crippen LogP contribution in [0.3, 0.4) is 0 Å². The number of hydrogen-bond donors (Lipinski definition) is 2. The van der Waals surface area contributed by atoms with E-state index in [2.05, 4.69) is 16.8 Å². The number of benzene rings is 1. The molecule has 0 atom stereocenters. The Labute approximate surface area is 105 Å². The first-order chi connectivity index (χ1) is 8.24. The summed E-state index contributed by atoms with van der Waals surface area (Å²) in [5.41, 5.74) is 7.51. The molecule has 0 saturated carbocycles. The zero-order chi connectivity index (χ0) is 12.3. The predicted molar refractivity (Wildman–Crippen MR) is 73.6 cm³/mol. The molecule has 0 amide bonds. The van der Waals surface area contributed by atoms with Crippen LogP contribution in [0.4, 0.5) is 10.8 Å². The summed E-state index contributed by atoms with van der Waals surface area (Å²) in [6.07, 6.45) is 0.770. The smallest absolute Gasteiger partial charge is 0.186 e. The summed E-state index contributed by atoms with van der Waals surface area (Å²) in [7, 11) is 0. The van der Waals surface area contributed by atoms with Crippen LogP contribution in [-0.4, -0.2) is 29.8 Å². The van der Waals surface area contributed by atoms with E-state index in [9.17, 15) is 0 Å². The Morgan fingerprint density at radius 3 is 3.00 bits per heavy atom. The minimum Gasteiger partial charge on any atom is -0.399 e. The number of nitrogens with two attached hydrogens (primary N) is 1. The average molecular weight is 251 g/mol. The summed E-state index contributed by atoms with van der Waals surface area (Å²) < 4.78 is 1.11. The van der Waals surface area contributed by atoms with Gasteiger partial charge in [0.1, 0.15) is 0 Å². The number of nitrogens with zero attached hydrogens (tertiary/aromatic N) is 2. The van der Waals surface area contributed by atoms with E-state index in [0.717, 1.165) is 40.5 Å². The molecule has 0 bridgehead atoms. The first-order valence-electron chi connectivity index (χ1n) is 5.76. The van der Waals surface area contributed by atoms with Crippen molar-refractivity contribution in [1.82, 2.24) is 4.98 Å². The molecule has 1 heterocycles. The van der Waals surface area contributed by atoms with Crippen LogP contribution in [0.15, 0.2) is 18.2 Å². The Morgan fingerprint density at radius 2 is 2.29 bits per heavy atom. The van der Waals surface area contributed by atoms with E-state index in [0.29, 0.717) is 0 Å². The van der Waals surface area contributed by atoms with Gasteiger partial charge in [-0.1, -0.05) is 11.3 Å². The molecule has 0 aliphatic heterocycles. The summed E-state index contributed by atoms with van der Waals surface area (Å²) in [4.78, 5) is 6.76. The minimum atomic E-state index is 0.217. The molecule has 5 heteroatoms. The van der Waals surface area contributed by atoms with Gasteiger partial charge >= 0.3 is 0 Å². The highest BCUT2D eigenvalue weighted by Gasteiger charge is 2.10. The van der Waals surface area contributed by atoms with Crippen molar-refractivity contribution in [1.29, 1.82) is 0 Å². The number of anilines is 2. The third kappa shape index (κ3) is 2.68. The van der Waals surface area contributed by atoms with Crippen molar-refractivity contribution in [3.05, 3.63) is 18.2 Å². The fourth-order valence-corrected chi connectivity index (χ4v) is 2.82. The van der Waals surface area contributed by atoms with Crippen LogP contribution in [0.1, 0.15) is 13.3 Å². The third-order valence-corrected chi connectivity index (χ3v) is 3.72. The number of nitrogen functional groups attached to an aromatic ring is 1.